The van der Waals surface area contributed by atoms with Gasteiger partial charge in [0.15, 0.2) is 15.4 Å². The highest BCUT2D eigenvalue weighted by atomic mass is 79.9. The van der Waals surface area contributed by atoms with E-state index in [1.54, 1.807) is 39.4 Å². The molecule has 1 aliphatic rings. The highest BCUT2D eigenvalue weighted by Gasteiger charge is 2.39. The molecule has 1 aliphatic heterocycles. The van der Waals surface area contributed by atoms with Crippen molar-refractivity contribution in [3.05, 3.63) is 94.7 Å². The van der Waals surface area contributed by atoms with Crippen LogP contribution in [-0.2, 0) is 31.5 Å². The third-order valence-electron chi connectivity index (χ3n) is 7.33. The summed E-state index contributed by atoms with van der Waals surface area (Å²) >= 11 is 3.57. The Morgan fingerprint density at radius 1 is 1.11 bits per heavy atom. The summed E-state index contributed by atoms with van der Waals surface area (Å²) in [5, 5.41) is 3.62. The number of halogens is 2. The summed E-state index contributed by atoms with van der Waals surface area (Å²) in [7, 11) is -1.66. The minimum absolute atomic E-state index is 0.0499. The van der Waals surface area contributed by atoms with Gasteiger partial charge in [-0.15, -0.1) is 0 Å². The molecule has 0 radical (unpaired) electrons. The first-order valence-corrected chi connectivity index (χ1v) is 16.5. The zero-order chi connectivity index (χ0) is 31.3. The predicted molar refractivity (Wildman–Crippen MR) is 171 cm³/mol. The molecule has 0 fully saturated rings. The molecule has 1 unspecified atom stereocenters. The number of benzene rings is 3. The molecule has 1 N–H and O–H groups in total. The summed E-state index contributed by atoms with van der Waals surface area (Å²) in [5.41, 5.74) is 1.93. The first-order chi connectivity index (χ1) is 21.1. The zero-order valence-electron chi connectivity index (χ0n) is 24.5. The van der Waals surface area contributed by atoms with Crippen molar-refractivity contribution in [3.63, 3.8) is 0 Å². The van der Waals surface area contributed by atoms with Crippen LogP contribution in [0.1, 0.15) is 31.4 Å². The van der Waals surface area contributed by atoms with Crippen LogP contribution in [0, 0.1) is 5.82 Å². The predicted octanol–water partition coefficient (Wildman–Crippen LogP) is 6.83. The molecule has 0 aliphatic carbocycles. The normalized spacial score (nSPS) is 16.3. The molecule has 0 bridgehead atoms. The van der Waals surface area contributed by atoms with Gasteiger partial charge in [0.05, 0.1) is 47.6 Å². The van der Waals surface area contributed by atoms with Crippen molar-refractivity contribution >= 4 is 48.2 Å². The maximum atomic E-state index is 13.5. The molecule has 3 aromatic carbocycles. The highest BCUT2D eigenvalue weighted by molar-refractivity contribution is 9.10. The Balaban J connectivity index is 1.38. The van der Waals surface area contributed by atoms with Gasteiger partial charge in [-0.05, 0) is 77.8 Å². The van der Waals surface area contributed by atoms with Crippen LogP contribution in [0.25, 0.3) is 10.9 Å². The third kappa shape index (κ3) is 7.14. The van der Waals surface area contributed by atoms with Gasteiger partial charge in [0.25, 0.3) is 0 Å². The smallest absolute Gasteiger partial charge is 0.163 e. The zero-order valence-corrected chi connectivity index (χ0v) is 27.0. The van der Waals surface area contributed by atoms with Gasteiger partial charge in [0, 0.05) is 29.1 Å². The van der Waals surface area contributed by atoms with Crippen molar-refractivity contribution in [2.75, 3.05) is 31.4 Å². The molecule has 0 saturated heterocycles. The Morgan fingerprint density at radius 3 is 2.66 bits per heavy atom. The number of nitrogens with zero attached hydrogens (tertiary/aromatic N) is 2. The van der Waals surface area contributed by atoms with Crippen molar-refractivity contribution in [2.24, 2.45) is 0 Å². The second kappa shape index (κ2) is 13.5. The van der Waals surface area contributed by atoms with E-state index in [1.165, 1.54) is 18.5 Å². The molecular weight excluding hydrogens is 653 g/mol. The van der Waals surface area contributed by atoms with Gasteiger partial charge in [-0.2, -0.15) is 0 Å². The van der Waals surface area contributed by atoms with Crippen LogP contribution >= 0.6 is 15.9 Å². The quantitative estimate of drug-likeness (QED) is 0.151. The van der Waals surface area contributed by atoms with Crippen molar-refractivity contribution in [1.29, 1.82) is 0 Å². The maximum absolute atomic E-state index is 13.5. The fraction of sp³-hybridized carbons (Fsp3) is 0.312. The number of aromatic nitrogens is 2. The summed E-state index contributed by atoms with van der Waals surface area (Å²) < 4.78 is 62.4. The van der Waals surface area contributed by atoms with Crippen LogP contribution in [0.3, 0.4) is 0 Å². The Labute approximate surface area is 264 Å². The number of fused-ring (bicyclic) bond motifs is 1. The van der Waals surface area contributed by atoms with E-state index in [1.807, 2.05) is 36.4 Å². The van der Waals surface area contributed by atoms with Crippen LogP contribution in [0.5, 0.6) is 11.5 Å². The topological polar surface area (TPSA) is 109 Å². The third-order valence-corrected chi connectivity index (χ3v) is 10.1. The van der Waals surface area contributed by atoms with Gasteiger partial charge in [0.1, 0.15) is 36.1 Å². The molecular formula is C32H33BrFN3O6S. The molecule has 0 spiro atoms. The standard InChI is InChI=1S/C32H33BrFN3O6S/c1-21(2)44(38,39)13-12-41-19-32(10-5-11-43-32)26-16-25-28(17-30(26)40-3)35-20-36-31(25)37-24-8-9-29(27(33)15-24)42-18-22-6-4-7-23(34)14-22/h4-9,11,14-17,20-21H,10,12-13,18-19H2,1-3H3,(H,35,36,37). The molecule has 9 nitrogen and oxygen atoms in total. The van der Waals surface area contributed by atoms with E-state index in [0.717, 1.165) is 22.2 Å². The molecule has 232 valence electrons. The highest BCUT2D eigenvalue weighted by Crippen LogP contribution is 2.43. The summed E-state index contributed by atoms with van der Waals surface area (Å²) in [4.78, 5) is 8.95. The van der Waals surface area contributed by atoms with Crippen LogP contribution in [0.2, 0.25) is 0 Å². The molecule has 5 rings (SSSR count). The molecule has 44 heavy (non-hydrogen) atoms. The molecule has 2 heterocycles. The monoisotopic (exact) mass is 685 g/mol. The lowest BCUT2D eigenvalue weighted by molar-refractivity contribution is -0.0430. The largest absolute Gasteiger partial charge is 0.496 e. The first-order valence-electron chi connectivity index (χ1n) is 14.0. The number of anilines is 2. The van der Waals surface area contributed by atoms with Gasteiger partial charge in [-0.1, -0.05) is 12.1 Å². The number of hydrogen-bond acceptors (Lipinski definition) is 9. The Hall–Kier alpha value is -3.74. The Morgan fingerprint density at radius 2 is 1.95 bits per heavy atom. The van der Waals surface area contributed by atoms with Crippen LogP contribution < -0.4 is 14.8 Å². The molecule has 0 saturated carbocycles. The van der Waals surface area contributed by atoms with Crippen LogP contribution in [-0.4, -0.2) is 49.7 Å². The molecule has 4 aromatic rings. The number of nitrogens with one attached hydrogen (secondary N) is 1. The number of ether oxygens (including phenoxy) is 4. The Kier molecular flexibility index (Phi) is 9.72. The lowest BCUT2D eigenvalue weighted by Gasteiger charge is -2.31. The lowest BCUT2D eigenvalue weighted by atomic mass is 9.90. The average molecular weight is 687 g/mol. The van der Waals surface area contributed by atoms with E-state index in [4.69, 9.17) is 18.9 Å². The van der Waals surface area contributed by atoms with E-state index >= 15 is 0 Å². The summed E-state index contributed by atoms with van der Waals surface area (Å²) in [6.45, 7) is 3.71. The fourth-order valence-corrected chi connectivity index (χ4v) is 6.10. The maximum Gasteiger partial charge on any atom is 0.163 e. The molecule has 1 atom stereocenters. The lowest BCUT2D eigenvalue weighted by Crippen LogP contribution is -2.33. The van der Waals surface area contributed by atoms with Crippen LogP contribution in [0.15, 0.2) is 77.7 Å². The van der Waals surface area contributed by atoms with Crippen LogP contribution in [0.4, 0.5) is 15.9 Å². The van der Waals surface area contributed by atoms with E-state index in [9.17, 15) is 12.8 Å². The number of sulfone groups is 1. The second-order valence-corrected chi connectivity index (χ2v) is 14.2. The SMILES string of the molecule is COc1cc2ncnc(Nc3ccc(OCc4cccc(F)c4)c(Br)c3)c2cc1C1(COCCS(=O)(=O)C(C)C)CC=CO1. The van der Waals surface area contributed by atoms with Crippen molar-refractivity contribution in [2.45, 2.75) is 37.7 Å². The first kappa shape index (κ1) is 31.7. The van der Waals surface area contributed by atoms with Crippen molar-refractivity contribution in [3.8, 4) is 11.5 Å². The fourth-order valence-electron chi connectivity index (χ4n) is 4.79. The van der Waals surface area contributed by atoms with Gasteiger partial charge in [-0.25, -0.2) is 22.8 Å². The number of rotatable bonds is 13. The minimum atomic E-state index is -3.23. The van der Waals surface area contributed by atoms with Gasteiger partial charge >= 0.3 is 0 Å². The number of hydrogen-bond donors (Lipinski definition) is 1. The second-order valence-electron chi connectivity index (χ2n) is 10.6. The van der Waals surface area contributed by atoms with Crippen molar-refractivity contribution in [1.82, 2.24) is 9.97 Å². The van der Waals surface area contributed by atoms with Gasteiger partial charge in [-0.3, -0.25) is 0 Å². The van der Waals surface area contributed by atoms with E-state index in [2.05, 4.69) is 31.2 Å². The summed E-state index contributed by atoms with van der Waals surface area (Å²) in [6, 6.07) is 15.6. The summed E-state index contributed by atoms with van der Waals surface area (Å²) in [5.74, 6) is 1.34. The molecule has 1 aromatic heterocycles. The Bertz CT molecular complexity index is 1780. The summed E-state index contributed by atoms with van der Waals surface area (Å²) in [6.07, 6.45) is 5.49. The van der Waals surface area contributed by atoms with Gasteiger partial charge < -0.3 is 24.3 Å². The van der Waals surface area contributed by atoms with E-state index in [0.29, 0.717) is 33.7 Å². The van der Waals surface area contributed by atoms with E-state index < -0.39 is 20.7 Å². The van der Waals surface area contributed by atoms with E-state index in [-0.39, 0.29) is 31.4 Å². The molecule has 12 heteroatoms. The average Bonchev–Trinajstić information content (AvgIpc) is 3.48. The van der Waals surface area contributed by atoms with Crippen molar-refractivity contribution < 1.29 is 31.8 Å². The molecule has 0 amide bonds. The minimum Gasteiger partial charge on any atom is -0.496 e. The number of methoxy groups -OCH3 is 1. The van der Waals surface area contributed by atoms with Gasteiger partial charge in [0.2, 0.25) is 0 Å².